The minimum atomic E-state index is -0.369. The van der Waals surface area contributed by atoms with Crippen LogP contribution in [-0.4, -0.2) is 28.6 Å². The van der Waals surface area contributed by atoms with Gasteiger partial charge in [0.05, 0.1) is 6.04 Å². The highest BCUT2D eigenvalue weighted by Crippen LogP contribution is 2.31. The van der Waals surface area contributed by atoms with Crippen molar-refractivity contribution in [2.75, 3.05) is 0 Å². The van der Waals surface area contributed by atoms with Crippen molar-refractivity contribution in [1.82, 2.24) is 4.90 Å². The Morgan fingerprint density at radius 3 is 2.77 bits per heavy atom. The van der Waals surface area contributed by atoms with Gasteiger partial charge >= 0.3 is 5.97 Å². The molecule has 1 heterocycles. The van der Waals surface area contributed by atoms with Gasteiger partial charge in [0.2, 0.25) is 0 Å². The van der Waals surface area contributed by atoms with Crippen LogP contribution in [0.3, 0.4) is 0 Å². The number of hydrogen-bond acceptors (Lipinski definition) is 4. The van der Waals surface area contributed by atoms with Crippen LogP contribution in [0.5, 0.6) is 5.75 Å². The van der Waals surface area contributed by atoms with Crippen LogP contribution in [-0.2, 0) is 22.6 Å². The van der Waals surface area contributed by atoms with Crippen LogP contribution in [0.2, 0.25) is 5.02 Å². The zero-order valence-corrected chi connectivity index (χ0v) is 18.2. The van der Waals surface area contributed by atoms with Crippen molar-refractivity contribution in [1.29, 1.82) is 0 Å². The molecule has 2 aliphatic rings. The summed E-state index contributed by atoms with van der Waals surface area (Å²) in [6, 6.07) is 10.4. The molecule has 1 aliphatic carbocycles. The van der Waals surface area contributed by atoms with E-state index in [1.807, 2.05) is 19.1 Å². The second kappa shape index (κ2) is 8.67. The first-order chi connectivity index (χ1) is 14.8. The van der Waals surface area contributed by atoms with Gasteiger partial charge in [0.1, 0.15) is 5.75 Å². The number of nitrogens with zero attached hydrogens (tertiary/aromatic N) is 1. The van der Waals surface area contributed by atoms with Gasteiger partial charge in [0, 0.05) is 30.0 Å². The first kappa shape index (κ1) is 21.3. The van der Waals surface area contributed by atoms with Gasteiger partial charge in [-0.1, -0.05) is 35.9 Å². The Morgan fingerprint density at radius 1 is 1.23 bits per heavy atom. The number of ketones is 1. The molecule has 4 rings (SSSR count). The van der Waals surface area contributed by atoms with E-state index < -0.39 is 0 Å². The molecule has 0 N–H and O–H groups in total. The number of amides is 1. The monoisotopic (exact) mass is 437 g/mol. The van der Waals surface area contributed by atoms with Gasteiger partial charge in [-0.3, -0.25) is 14.4 Å². The molecular formula is C25H24ClNO4. The minimum absolute atomic E-state index is 0.0674. The first-order valence-electron chi connectivity index (χ1n) is 10.4. The molecule has 31 heavy (non-hydrogen) atoms. The number of ether oxygens (including phenoxy) is 1. The molecule has 160 valence electrons. The fourth-order valence-corrected chi connectivity index (χ4v) is 4.31. The number of carbonyl (C=O) groups is 3. The number of aryl methyl sites for hydroxylation is 2. The van der Waals surface area contributed by atoms with Gasteiger partial charge in [-0.25, -0.2) is 0 Å². The summed E-state index contributed by atoms with van der Waals surface area (Å²) in [6.45, 7) is 6.18. The molecule has 1 amide bonds. The fourth-order valence-electron chi connectivity index (χ4n) is 4.20. The summed E-state index contributed by atoms with van der Waals surface area (Å²) in [5.74, 6) is 0.123. The average Bonchev–Trinajstić information content (AvgIpc) is 3.05. The molecule has 0 saturated heterocycles. The Balaban J connectivity index is 1.38. The first-order valence-corrected chi connectivity index (χ1v) is 10.8. The molecular weight excluding hydrogens is 414 g/mol. The van der Waals surface area contributed by atoms with E-state index in [9.17, 15) is 14.4 Å². The molecule has 0 spiro atoms. The molecule has 2 aromatic rings. The van der Waals surface area contributed by atoms with Gasteiger partial charge in [0.25, 0.3) is 5.91 Å². The van der Waals surface area contributed by atoms with E-state index in [1.165, 1.54) is 0 Å². The lowest BCUT2D eigenvalue weighted by molar-refractivity contribution is -0.134. The van der Waals surface area contributed by atoms with E-state index in [4.69, 9.17) is 16.3 Å². The SMILES string of the molecule is C=C1CCC(N2Cc3cc(CCC(=O)Oc4ccc(Cl)c(C)c4)ccc3C2=O)C(=O)C1. The third-order valence-electron chi connectivity index (χ3n) is 5.92. The van der Waals surface area contributed by atoms with Crippen LogP contribution in [0.1, 0.15) is 52.7 Å². The molecule has 1 aliphatic heterocycles. The highest BCUT2D eigenvalue weighted by Gasteiger charge is 2.37. The molecule has 0 bridgehead atoms. The molecule has 2 aromatic carbocycles. The molecule has 1 unspecified atom stereocenters. The van der Waals surface area contributed by atoms with Gasteiger partial charge < -0.3 is 9.64 Å². The number of halogens is 1. The minimum Gasteiger partial charge on any atom is -0.427 e. The van der Waals surface area contributed by atoms with Crippen molar-refractivity contribution < 1.29 is 19.1 Å². The normalized spacial score (nSPS) is 18.3. The van der Waals surface area contributed by atoms with Crippen LogP contribution >= 0.6 is 11.6 Å². The largest absolute Gasteiger partial charge is 0.427 e. The predicted molar refractivity (Wildman–Crippen MR) is 118 cm³/mol. The molecule has 5 nitrogen and oxygen atoms in total. The van der Waals surface area contributed by atoms with Crippen LogP contribution in [0.25, 0.3) is 0 Å². The molecule has 1 atom stereocenters. The molecule has 0 radical (unpaired) electrons. The van der Waals surface area contributed by atoms with Crippen LogP contribution < -0.4 is 4.74 Å². The predicted octanol–water partition coefficient (Wildman–Crippen LogP) is 4.82. The lowest BCUT2D eigenvalue weighted by Crippen LogP contribution is -2.43. The number of allylic oxidation sites excluding steroid dienone is 1. The Kier molecular flexibility index (Phi) is 5.96. The lowest BCUT2D eigenvalue weighted by atomic mass is 9.90. The number of rotatable bonds is 5. The molecule has 6 heteroatoms. The number of benzene rings is 2. The van der Waals surface area contributed by atoms with E-state index in [0.29, 0.717) is 42.1 Å². The number of esters is 1. The van der Waals surface area contributed by atoms with Crippen LogP contribution in [0.4, 0.5) is 0 Å². The summed E-state index contributed by atoms with van der Waals surface area (Å²) in [5, 5.41) is 0.626. The number of carbonyl (C=O) groups excluding carboxylic acids is 3. The summed E-state index contributed by atoms with van der Waals surface area (Å²) in [7, 11) is 0. The van der Waals surface area contributed by atoms with E-state index in [-0.39, 0.29) is 30.1 Å². The molecule has 1 fully saturated rings. The van der Waals surface area contributed by atoms with Gasteiger partial charge in [-0.2, -0.15) is 0 Å². The Labute approximate surface area is 186 Å². The second-order valence-corrected chi connectivity index (χ2v) is 8.66. The molecule has 1 saturated carbocycles. The zero-order chi connectivity index (χ0) is 22.1. The zero-order valence-electron chi connectivity index (χ0n) is 17.4. The summed E-state index contributed by atoms with van der Waals surface area (Å²) < 4.78 is 5.39. The van der Waals surface area contributed by atoms with Crippen molar-refractivity contribution >= 4 is 29.3 Å². The maximum Gasteiger partial charge on any atom is 0.311 e. The van der Waals surface area contributed by atoms with Crippen LogP contribution in [0, 0.1) is 6.92 Å². The van der Waals surface area contributed by atoms with Gasteiger partial charge in [-0.05, 0) is 67.1 Å². The maximum absolute atomic E-state index is 12.8. The van der Waals surface area contributed by atoms with Gasteiger partial charge in [-0.15, -0.1) is 0 Å². The number of fused-ring (bicyclic) bond motifs is 1. The van der Waals surface area contributed by atoms with E-state index in [2.05, 4.69) is 6.58 Å². The average molecular weight is 438 g/mol. The summed E-state index contributed by atoms with van der Waals surface area (Å²) in [5.41, 5.74) is 4.29. The van der Waals surface area contributed by atoms with E-state index in [0.717, 1.165) is 28.7 Å². The van der Waals surface area contributed by atoms with Crippen molar-refractivity contribution in [3.8, 4) is 5.75 Å². The van der Waals surface area contributed by atoms with Crippen molar-refractivity contribution in [2.45, 2.75) is 51.6 Å². The third kappa shape index (κ3) is 4.57. The Hall–Kier alpha value is -2.92. The van der Waals surface area contributed by atoms with E-state index >= 15 is 0 Å². The maximum atomic E-state index is 12.8. The van der Waals surface area contributed by atoms with Crippen molar-refractivity contribution in [3.05, 3.63) is 75.8 Å². The van der Waals surface area contributed by atoms with Crippen LogP contribution in [0.15, 0.2) is 48.6 Å². The van der Waals surface area contributed by atoms with Gasteiger partial charge in [0.15, 0.2) is 5.78 Å². The standard InChI is InChI=1S/C25H24ClNO4/c1-15-3-9-22(23(28)11-15)27-14-18-13-17(4-7-20(18)25(27)30)5-10-24(29)31-19-6-8-21(26)16(2)12-19/h4,6-8,12-13,22H,1,3,5,9-11,14H2,2H3. The summed E-state index contributed by atoms with van der Waals surface area (Å²) >= 11 is 6.00. The topological polar surface area (TPSA) is 63.7 Å². The number of Topliss-reactive ketones (excluding diaryl/α,β-unsaturated/α-hetero) is 1. The number of hydrogen-bond donors (Lipinski definition) is 0. The highest BCUT2D eigenvalue weighted by molar-refractivity contribution is 6.31. The molecule has 0 aromatic heterocycles. The highest BCUT2D eigenvalue weighted by atomic mass is 35.5. The third-order valence-corrected chi connectivity index (χ3v) is 6.35. The summed E-state index contributed by atoms with van der Waals surface area (Å²) in [6.07, 6.45) is 2.50. The Morgan fingerprint density at radius 2 is 2.03 bits per heavy atom. The van der Waals surface area contributed by atoms with Crippen molar-refractivity contribution in [3.63, 3.8) is 0 Å². The van der Waals surface area contributed by atoms with E-state index in [1.54, 1.807) is 29.2 Å². The fraction of sp³-hybridized carbons (Fsp3) is 0.320. The second-order valence-electron chi connectivity index (χ2n) is 8.26. The quantitative estimate of drug-likeness (QED) is 0.382. The lowest BCUT2D eigenvalue weighted by Gasteiger charge is -2.30. The summed E-state index contributed by atoms with van der Waals surface area (Å²) in [4.78, 5) is 39.1. The Bertz CT molecular complexity index is 1090. The smallest absolute Gasteiger partial charge is 0.311 e. The van der Waals surface area contributed by atoms with Crippen molar-refractivity contribution in [2.24, 2.45) is 0 Å².